The third-order valence-electron chi connectivity index (χ3n) is 5.90. The summed E-state index contributed by atoms with van der Waals surface area (Å²) in [5.41, 5.74) is -1.49. The SMILES string of the molecule is CNC(=O)[C@@H](N(C)C(=O)[C@H](CS)NC(=O)[C@@H](S)CCN1C(=O)N(C)C(C)(C)C1=O)C(C)(C)C. The van der Waals surface area contributed by atoms with E-state index < -0.39 is 46.1 Å². The largest absolute Gasteiger partial charge is 0.357 e. The second-order valence-corrected chi connectivity index (χ2v) is 10.7. The molecule has 0 bridgehead atoms. The minimum Gasteiger partial charge on any atom is -0.357 e. The van der Waals surface area contributed by atoms with E-state index >= 15 is 0 Å². The van der Waals surface area contributed by atoms with Crippen LogP contribution in [0.15, 0.2) is 0 Å². The molecule has 1 fully saturated rings. The molecule has 12 heteroatoms. The van der Waals surface area contributed by atoms with Crippen LogP contribution in [-0.2, 0) is 19.2 Å². The summed E-state index contributed by atoms with van der Waals surface area (Å²) in [7, 11) is 4.56. The van der Waals surface area contributed by atoms with E-state index in [1.165, 1.54) is 23.9 Å². The molecule has 1 rings (SSSR count). The Hall–Kier alpha value is -1.95. The van der Waals surface area contributed by atoms with E-state index in [2.05, 4.69) is 35.9 Å². The molecule has 0 aromatic carbocycles. The van der Waals surface area contributed by atoms with Crippen molar-refractivity contribution >= 4 is 54.9 Å². The number of amides is 6. The Balaban J connectivity index is 2.83. The summed E-state index contributed by atoms with van der Waals surface area (Å²) in [6.07, 6.45) is 0.114. The number of carbonyl (C=O) groups excluding carboxylic acids is 5. The average molecular weight is 504 g/mol. The normalized spacial score (nSPS) is 18.6. The fourth-order valence-corrected chi connectivity index (χ4v) is 4.11. The van der Waals surface area contributed by atoms with Crippen molar-refractivity contribution in [1.29, 1.82) is 0 Å². The van der Waals surface area contributed by atoms with Gasteiger partial charge in [0.25, 0.3) is 5.91 Å². The number of hydrogen-bond acceptors (Lipinski definition) is 7. The Kier molecular flexibility index (Phi) is 9.68. The predicted octanol–water partition coefficient (Wildman–Crippen LogP) is 0.381. The van der Waals surface area contributed by atoms with Crippen LogP contribution in [0.5, 0.6) is 0 Å². The summed E-state index contributed by atoms with van der Waals surface area (Å²) in [6, 6.07) is -2.16. The molecule has 0 aromatic heterocycles. The average Bonchev–Trinajstić information content (AvgIpc) is 2.87. The minimum atomic E-state index is -0.977. The van der Waals surface area contributed by atoms with Gasteiger partial charge in [0, 0.05) is 33.4 Å². The van der Waals surface area contributed by atoms with Crippen LogP contribution in [0.25, 0.3) is 0 Å². The third-order valence-corrected chi connectivity index (χ3v) is 6.76. The van der Waals surface area contributed by atoms with E-state index in [4.69, 9.17) is 0 Å². The summed E-state index contributed by atoms with van der Waals surface area (Å²) in [6.45, 7) is 8.86. The molecule has 1 aliphatic rings. The lowest BCUT2D eigenvalue weighted by atomic mass is 9.85. The van der Waals surface area contributed by atoms with Crippen molar-refractivity contribution in [2.24, 2.45) is 5.41 Å². The first-order valence-electron chi connectivity index (χ1n) is 10.7. The fourth-order valence-electron chi connectivity index (χ4n) is 3.67. The van der Waals surface area contributed by atoms with Crippen molar-refractivity contribution in [1.82, 2.24) is 25.3 Å². The molecule has 0 aromatic rings. The molecule has 1 saturated heterocycles. The van der Waals surface area contributed by atoms with Crippen LogP contribution in [0, 0.1) is 5.41 Å². The number of thiol groups is 2. The van der Waals surface area contributed by atoms with Gasteiger partial charge in [0.2, 0.25) is 17.7 Å². The highest BCUT2D eigenvalue weighted by Gasteiger charge is 2.49. The molecule has 0 saturated carbocycles. The quantitative estimate of drug-likeness (QED) is 0.268. The highest BCUT2D eigenvalue weighted by molar-refractivity contribution is 7.81. The molecule has 1 aliphatic heterocycles. The number of nitrogens with zero attached hydrogens (tertiary/aromatic N) is 3. The Morgan fingerprint density at radius 3 is 2.09 bits per heavy atom. The zero-order chi connectivity index (χ0) is 25.9. The van der Waals surface area contributed by atoms with Gasteiger partial charge < -0.3 is 20.4 Å². The number of likely N-dealkylation sites (N-methyl/N-ethyl adjacent to an activating group) is 3. The Morgan fingerprint density at radius 1 is 1.15 bits per heavy atom. The molecule has 0 radical (unpaired) electrons. The molecule has 10 nitrogen and oxygen atoms in total. The van der Waals surface area contributed by atoms with Crippen LogP contribution in [0.3, 0.4) is 0 Å². The van der Waals surface area contributed by atoms with Crippen molar-refractivity contribution in [2.75, 3.05) is 33.4 Å². The molecule has 3 atom stereocenters. The fraction of sp³-hybridized carbons (Fsp3) is 0.762. The van der Waals surface area contributed by atoms with Gasteiger partial charge in [-0.1, -0.05) is 20.8 Å². The maximum Gasteiger partial charge on any atom is 0.327 e. The summed E-state index contributed by atoms with van der Waals surface area (Å²) >= 11 is 8.50. The van der Waals surface area contributed by atoms with Crippen molar-refractivity contribution < 1.29 is 24.0 Å². The Labute approximate surface area is 207 Å². The maximum absolute atomic E-state index is 13.1. The number of imide groups is 1. The van der Waals surface area contributed by atoms with Gasteiger partial charge >= 0.3 is 6.03 Å². The molecular formula is C21H37N5O5S2. The second kappa shape index (κ2) is 11.0. The highest BCUT2D eigenvalue weighted by Crippen LogP contribution is 2.26. The zero-order valence-electron chi connectivity index (χ0n) is 20.6. The molecule has 188 valence electrons. The van der Waals surface area contributed by atoms with E-state index in [1.54, 1.807) is 20.9 Å². The van der Waals surface area contributed by atoms with E-state index in [1.807, 2.05) is 20.8 Å². The summed E-state index contributed by atoms with van der Waals surface area (Å²) < 4.78 is 0. The van der Waals surface area contributed by atoms with Crippen LogP contribution in [0.2, 0.25) is 0 Å². The lowest BCUT2D eigenvalue weighted by Gasteiger charge is -2.38. The van der Waals surface area contributed by atoms with Gasteiger partial charge in [0.15, 0.2) is 0 Å². The topological polar surface area (TPSA) is 119 Å². The second-order valence-electron chi connectivity index (χ2n) is 9.74. The molecule has 6 amide bonds. The Morgan fingerprint density at radius 2 is 1.70 bits per heavy atom. The van der Waals surface area contributed by atoms with Gasteiger partial charge in [-0.15, -0.1) is 0 Å². The van der Waals surface area contributed by atoms with Crippen LogP contribution in [0.1, 0.15) is 41.0 Å². The maximum atomic E-state index is 13.1. The van der Waals surface area contributed by atoms with Crippen LogP contribution >= 0.6 is 25.3 Å². The monoisotopic (exact) mass is 503 g/mol. The number of nitrogens with one attached hydrogen (secondary N) is 2. The smallest absolute Gasteiger partial charge is 0.327 e. The lowest BCUT2D eigenvalue weighted by molar-refractivity contribution is -0.144. The van der Waals surface area contributed by atoms with E-state index in [9.17, 15) is 24.0 Å². The molecular weight excluding hydrogens is 466 g/mol. The molecule has 1 heterocycles. The van der Waals surface area contributed by atoms with Crippen LogP contribution in [0.4, 0.5) is 4.79 Å². The molecule has 0 spiro atoms. The number of hydrogen-bond donors (Lipinski definition) is 4. The summed E-state index contributed by atoms with van der Waals surface area (Å²) in [5.74, 6) is -1.64. The Bertz CT molecular complexity index is 798. The standard InChI is InChI=1S/C21H37N5O5S2/c1-20(2,3)14(16(28)22-6)24(7)17(29)12(11-32)23-15(27)13(33)9-10-26-18(30)21(4,5)25(8)19(26)31/h12-14,32-33H,9-11H2,1-8H3,(H,22,28)(H,23,27)/t12-,13-,14+/m0/s1. The molecule has 33 heavy (non-hydrogen) atoms. The van der Waals surface area contributed by atoms with E-state index in [0.717, 1.165) is 4.90 Å². The van der Waals surface area contributed by atoms with Gasteiger partial charge in [-0.2, -0.15) is 25.3 Å². The van der Waals surface area contributed by atoms with Crippen molar-refractivity contribution in [2.45, 2.75) is 63.9 Å². The number of carbonyl (C=O) groups is 5. The van der Waals surface area contributed by atoms with Crippen LogP contribution in [-0.4, -0.2) is 101 Å². The van der Waals surface area contributed by atoms with Gasteiger partial charge in [0.1, 0.15) is 17.6 Å². The van der Waals surface area contributed by atoms with Gasteiger partial charge in [-0.25, -0.2) is 4.79 Å². The molecule has 0 aliphatic carbocycles. The molecule has 0 unspecified atom stereocenters. The van der Waals surface area contributed by atoms with Crippen molar-refractivity contribution in [3.05, 3.63) is 0 Å². The van der Waals surface area contributed by atoms with Crippen molar-refractivity contribution in [3.8, 4) is 0 Å². The third kappa shape index (κ3) is 6.34. The summed E-state index contributed by atoms with van der Waals surface area (Å²) in [4.78, 5) is 66.7. The predicted molar refractivity (Wildman–Crippen MR) is 132 cm³/mol. The van der Waals surface area contributed by atoms with Gasteiger partial charge in [-0.3, -0.25) is 24.1 Å². The van der Waals surface area contributed by atoms with E-state index in [0.29, 0.717) is 0 Å². The molecule has 2 N–H and O–H groups in total. The first-order chi connectivity index (χ1) is 15.0. The first-order valence-corrected chi connectivity index (χ1v) is 11.8. The van der Waals surface area contributed by atoms with E-state index in [-0.39, 0.29) is 30.5 Å². The highest BCUT2D eigenvalue weighted by atomic mass is 32.1. The van der Waals surface area contributed by atoms with Crippen LogP contribution < -0.4 is 10.6 Å². The lowest BCUT2D eigenvalue weighted by Crippen LogP contribution is -2.59. The first kappa shape index (κ1) is 29.1. The minimum absolute atomic E-state index is 0.0160. The van der Waals surface area contributed by atoms with Gasteiger partial charge in [-0.05, 0) is 25.7 Å². The summed E-state index contributed by atoms with van der Waals surface area (Å²) in [5, 5.41) is 4.32. The number of urea groups is 1. The van der Waals surface area contributed by atoms with Crippen molar-refractivity contribution in [3.63, 3.8) is 0 Å². The number of rotatable bonds is 9. The zero-order valence-corrected chi connectivity index (χ0v) is 22.4. The van der Waals surface area contributed by atoms with Gasteiger partial charge in [0.05, 0.1) is 5.25 Å².